The van der Waals surface area contributed by atoms with Crippen molar-refractivity contribution in [1.29, 1.82) is 0 Å². The fourth-order valence-electron chi connectivity index (χ4n) is 2.90. The van der Waals surface area contributed by atoms with Crippen LogP contribution in [0.4, 0.5) is 18.0 Å². The zero-order chi connectivity index (χ0) is 19.7. The monoisotopic (exact) mass is 381 g/mol. The van der Waals surface area contributed by atoms with Gasteiger partial charge in [-0.1, -0.05) is 24.8 Å². The molecule has 2 N–H and O–H groups in total. The van der Waals surface area contributed by atoms with Gasteiger partial charge in [0.25, 0.3) is 0 Å². The lowest BCUT2D eigenvalue weighted by atomic mass is 9.99. The maximum Gasteiger partial charge on any atom is 0.416 e. The largest absolute Gasteiger partial charge is 0.416 e. The highest BCUT2D eigenvalue weighted by atomic mass is 19.4. The van der Waals surface area contributed by atoms with Gasteiger partial charge in [0.2, 0.25) is 0 Å². The minimum absolute atomic E-state index is 0.0755. The number of alkyl halides is 3. The van der Waals surface area contributed by atoms with Crippen molar-refractivity contribution in [2.24, 2.45) is 5.92 Å². The number of urea groups is 1. The highest BCUT2D eigenvalue weighted by Crippen LogP contribution is 2.29. The number of amides is 2. The van der Waals surface area contributed by atoms with Crippen LogP contribution in [0.2, 0.25) is 0 Å². The molecule has 27 heavy (non-hydrogen) atoms. The molecule has 1 aromatic rings. The van der Waals surface area contributed by atoms with Crippen LogP contribution in [-0.4, -0.2) is 43.7 Å². The normalized spacial score (nSPS) is 15.7. The Balaban J connectivity index is 1.62. The number of nitrogens with zero attached hydrogens (tertiary/aromatic N) is 1. The van der Waals surface area contributed by atoms with Crippen LogP contribution >= 0.6 is 0 Å². The summed E-state index contributed by atoms with van der Waals surface area (Å²) >= 11 is 0. The molecule has 1 saturated heterocycles. The Morgan fingerprint density at radius 2 is 2.00 bits per heavy atom. The first-order chi connectivity index (χ1) is 12.8. The highest BCUT2D eigenvalue weighted by molar-refractivity contribution is 5.74. The summed E-state index contributed by atoms with van der Waals surface area (Å²) in [6.07, 6.45) is -1.03. The Morgan fingerprint density at radius 1 is 1.26 bits per heavy atom. The van der Waals surface area contributed by atoms with E-state index >= 15 is 0 Å². The lowest BCUT2D eigenvalue weighted by Gasteiger charge is -2.30. The van der Waals surface area contributed by atoms with Gasteiger partial charge in [0.15, 0.2) is 0 Å². The number of carbonyl (C=O) groups is 1. The quantitative estimate of drug-likeness (QED) is 0.606. The first-order valence-corrected chi connectivity index (χ1v) is 9.25. The number of carbonyl (C=O) groups excluding carboxylic acids is 1. The van der Waals surface area contributed by atoms with E-state index in [0.29, 0.717) is 6.54 Å². The van der Waals surface area contributed by atoms with Gasteiger partial charge in [-0.2, -0.15) is 13.2 Å². The highest BCUT2D eigenvalue weighted by Gasteiger charge is 2.30. The van der Waals surface area contributed by atoms with E-state index in [1.807, 2.05) is 0 Å². The van der Waals surface area contributed by atoms with Crippen LogP contribution in [0.3, 0.4) is 0 Å². The molecule has 1 fully saturated rings. The molecule has 0 bridgehead atoms. The number of hydrogen-bond donors (Lipinski definition) is 2. The molecule has 2 amide bonds. The summed E-state index contributed by atoms with van der Waals surface area (Å²) in [5.74, 6) is 6.09. The van der Waals surface area contributed by atoms with E-state index in [0.717, 1.165) is 44.1 Å². The summed E-state index contributed by atoms with van der Waals surface area (Å²) in [4.78, 5) is 14.1. The average molecular weight is 381 g/mol. The fourth-order valence-corrected chi connectivity index (χ4v) is 2.90. The van der Waals surface area contributed by atoms with Crippen molar-refractivity contribution >= 4 is 6.03 Å². The van der Waals surface area contributed by atoms with Crippen LogP contribution in [0.15, 0.2) is 24.3 Å². The van der Waals surface area contributed by atoms with Crippen molar-refractivity contribution in [3.63, 3.8) is 0 Å². The summed E-state index contributed by atoms with van der Waals surface area (Å²) in [6, 6.07) is 4.50. The molecule has 0 radical (unpaired) electrons. The molecular weight excluding hydrogens is 355 g/mol. The molecule has 0 aromatic heterocycles. The molecule has 1 aliphatic rings. The van der Waals surface area contributed by atoms with E-state index in [1.165, 1.54) is 25.0 Å². The number of halogens is 3. The lowest BCUT2D eigenvalue weighted by molar-refractivity contribution is -0.137. The predicted molar refractivity (Wildman–Crippen MR) is 99.2 cm³/mol. The summed E-state index contributed by atoms with van der Waals surface area (Å²) in [5.41, 5.74) is -0.467. The molecule has 4 nitrogen and oxygen atoms in total. The molecule has 1 heterocycles. The summed E-state index contributed by atoms with van der Waals surface area (Å²) in [5, 5.41) is 5.35. The lowest BCUT2D eigenvalue weighted by Crippen LogP contribution is -2.38. The van der Waals surface area contributed by atoms with Gasteiger partial charge in [-0.25, -0.2) is 4.79 Å². The van der Waals surface area contributed by atoms with Crippen molar-refractivity contribution in [3.8, 4) is 11.8 Å². The maximum atomic E-state index is 12.6. The zero-order valence-corrected chi connectivity index (χ0v) is 15.5. The van der Waals surface area contributed by atoms with Crippen molar-refractivity contribution in [2.45, 2.75) is 32.4 Å². The molecular formula is C20H26F3N3O. The SMILES string of the molecule is CC1CCN(CCCNC(=O)NCC#Cc2cccc(C(F)(F)F)c2)CC1. The minimum Gasteiger partial charge on any atom is -0.338 e. The second kappa shape index (κ2) is 10.2. The summed E-state index contributed by atoms with van der Waals surface area (Å²) < 4.78 is 37.9. The third-order valence-electron chi connectivity index (χ3n) is 4.57. The van der Waals surface area contributed by atoms with Gasteiger partial charge in [-0.15, -0.1) is 0 Å². The number of benzene rings is 1. The van der Waals surface area contributed by atoms with Crippen LogP contribution in [0.1, 0.15) is 37.3 Å². The standard InChI is InChI=1S/C20H26F3N3O/c1-16-8-13-26(14-9-16)12-4-11-25-19(27)24-10-3-6-17-5-2-7-18(15-17)20(21,22)23/h2,5,7,15-16H,4,8-14H2,1H3,(H2,24,25,27). The van der Waals surface area contributed by atoms with Gasteiger partial charge < -0.3 is 15.5 Å². The summed E-state index contributed by atoms with van der Waals surface area (Å²) in [6.45, 7) is 6.16. The number of likely N-dealkylation sites (tertiary alicyclic amines) is 1. The molecule has 1 aliphatic heterocycles. The number of nitrogens with one attached hydrogen (secondary N) is 2. The third kappa shape index (κ3) is 7.92. The van der Waals surface area contributed by atoms with E-state index in [1.54, 1.807) is 0 Å². The van der Waals surface area contributed by atoms with Gasteiger partial charge in [0, 0.05) is 12.1 Å². The van der Waals surface area contributed by atoms with E-state index in [4.69, 9.17) is 0 Å². The van der Waals surface area contributed by atoms with Gasteiger partial charge >= 0.3 is 12.2 Å². The van der Waals surface area contributed by atoms with Crippen LogP contribution in [0.25, 0.3) is 0 Å². The van der Waals surface area contributed by atoms with Crippen LogP contribution in [0, 0.1) is 17.8 Å². The molecule has 1 aromatic carbocycles. The molecule has 0 unspecified atom stereocenters. The second-order valence-electron chi connectivity index (χ2n) is 6.87. The Hall–Kier alpha value is -2.20. The predicted octanol–water partition coefficient (Wildman–Crippen LogP) is 3.48. The Labute approximate surface area is 158 Å². The van der Waals surface area contributed by atoms with Gasteiger partial charge in [0.05, 0.1) is 12.1 Å². The minimum atomic E-state index is -4.39. The van der Waals surface area contributed by atoms with Crippen molar-refractivity contribution in [3.05, 3.63) is 35.4 Å². The van der Waals surface area contributed by atoms with Crippen LogP contribution in [-0.2, 0) is 6.18 Å². The van der Waals surface area contributed by atoms with Gasteiger partial charge in [0.1, 0.15) is 0 Å². The average Bonchev–Trinajstić information content (AvgIpc) is 2.63. The summed E-state index contributed by atoms with van der Waals surface area (Å²) in [7, 11) is 0. The second-order valence-corrected chi connectivity index (χ2v) is 6.87. The third-order valence-corrected chi connectivity index (χ3v) is 4.57. The van der Waals surface area contributed by atoms with Gasteiger partial charge in [-0.3, -0.25) is 0 Å². The molecule has 0 saturated carbocycles. The molecule has 2 rings (SSSR count). The molecule has 7 heteroatoms. The smallest absolute Gasteiger partial charge is 0.338 e. The Bertz CT molecular complexity index is 671. The van der Waals surface area contributed by atoms with Crippen molar-refractivity contribution < 1.29 is 18.0 Å². The number of hydrogen-bond acceptors (Lipinski definition) is 2. The molecule has 0 atom stereocenters. The fraction of sp³-hybridized carbons (Fsp3) is 0.550. The van der Waals surface area contributed by atoms with E-state index < -0.39 is 11.7 Å². The van der Waals surface area contributed by atoms with Crippen LogP contribution < -0.4 is 10.6 Å². The van der Waals surface area contributed by atoms with Gasteiger partial charge in [-0.05, 0) is 63.0 Å². The molecule has 148 valence electrons. The Morgan fingerprint density at radius 3 is 2.70 bits per heavy atom. The zero-order valence-electron chi connectivity index (χ0n) is 15.5. The maximum absolute atomic E-state index is 12.6. The topological polar surface area (TPSA) is 44.4 Å². The van der Waals surface area contributed by atoms with E-state index in [2.05, 4.69) is 34.3 Å². The molecule has 0 spiro atoms. The first-order valence-electron chi connectivity index (χ1n) is 9.25. The Kier molecular flexibility index (Phi) is 7.99. The van der Waals surface area contributed by atoms with E-state index in [9.17, 15) is 18.0 Å². The number of rotatable bonds is 5. The van der Waals surface area contributed by atoms with Crippen molar-refractivity contribution in [1.82, 2.24) is 15.5 Å². The van der Waals surface area contributed by atoms with Crippen LogP contribution in [0.5, 0.6) is 0 Å². The van der Waals surface area contributed by atoms with Crippen molar-refractivity contribution in [2.75, 3.05) is 32.7 Å². The number of piperidine rings is 1. The molecule has 0 aliphatic carbocycles. The first kappa shape index (κ1) is 21.1. The van der Waals surface area contributed by atoms with E-state index in [-0.39, 0.29) is 18.1 Å².